The molecule has 0 amide bonds. The molecule has 0 radical (unpaired) electrons. The number of rotatable bonds is 7. The van der Waals surface area contributed by atoms with E-state index in [4.69, 9.17) is 6.42 Å². The van der Waals surface area contributed by atoms with Crippen molar-refractivity contribution in [1.29, 1.82) is 0 Å². The van der Waals surface area contributed by atoms with E-state index in [1.165, 1.54) is 0 Å². The van der Waals surface area contributed by atoms with E-state index in [0.29, 0.717) is 13.0 Å². The van der Waals surface area contributed by atoms with Gasteiger partial charge in [-0.15, -0.1) is 6.42 Å². The zero-order valence-corrected chi connectivity index (χ0v) is 7.85. The van der Waals surface area contributed by atoms with Gasteiger partial charge in [0.1, 0.15) is 0 Å². The zero-order valence-electron chi connectivity index (χ0n) is 7.85. The molecule has 0 atom stereocenters. The molecule has 0 spiro atoms. The van der Waals surface area contributed by atoms with Crippen molar-refractivity contribution in [3.05, 3.63) is 0 Å². The van der Waals surface area contributed by atoms with Crippen LogP contribution in [-0.4, -0.2) is 31.7 Å². The van der Waals surface area contributed by atoms with Gasteiger partial charge in [0.05, 0.1) is 13.2 Å². The van der Waals surface area contributed by atoms with Crippen molar-refractivity contribution in [2.45, 2.75) is 25.7 Å². The maximum Gasteiger partial charge on any atom is 0.0894 e. The van der Waals surface area contributed by atoms with Crippen LogP contribution < -0.4 is 0 Å². The third-order valence-corrected chi connectivity index (χ3v) is 1.78. The van der Waals surface area contributed by atoms with Crippen LogP contribution in [0, 0.1) is 12.3 Å². The second kappa shape index (κ2) is 8.55. The van der Waals surface area contributed by atoms with Crippen LogP contribution in [-0.2, 0) is 0 Å². The molecule has 0 rings (SSSR count). The Labute approximate surface area is 74.9 Å². The molecule has 0 aliphatic carbocycles. The van der Waals surface area contributed by atoms with Gasteiger partial charge in [0.2, 0.25) is 0 Å². The Balaban J connectivity index is 3.04. The average molecular weight is 171 g/mol. The van der Waals surface area contributed by atoms with Gasteiger partial charge in [-0.25, -0.2) is 0 Å². The van der Waals surface area contributed by atoms with Crippen molar-refractivity contribution >= 4 is 0 Å². The van der Waals surface area contributed by atoms with Crippen LogP contribution in [0.3, 0.4) is 0 Å². The fourth-order valence-corrected chi connectivity index (χ4v) is 1.06. The molecule has 0 aromatic rings. The standard InChI is InChI=1S/C10H18FN/c1-3-9-12(2)10-7-5-4-6-8-11/h1H,4-10H2,2H3. The first-order chi connectivity index (χ1) is 5.81. The monoisotopic (exact) mass is 171 g/mol. The Bertz CT molecular complexity index is 128. The highest BCUT2D eigenvalue weighted by molar-refractivity contribution is 4.86. The summed E-state index contributed by atoms with van der Waals surface area (Å²) in [6, 6.07) is 0. The quantitative estimate of drug-likeness (QED) is 0.419. The van der Waals surface area contributed by atoms with E-state index >= 15 is 0 Å². The van der Waals surface area contributed by atoms with E-state index in [1.807, 2.05) is 7.05 Å². The van der Waals surface area contributed by atoms with Gasteiger partial charge in [-0.3, -0.25) is 9.29 Å². The van der Waals surface area contributed by atoms with Crippen molar-refractivity contribution < 1.29 is 4.39 Å². The highest BCUT2D eigenvalue weighted by Crippen LogP contribution is 2.00. The average Bonchev–Trinajstić information content (AvgIpc) is 2.05. The van der Waals surface area contributed by atoms with Crippen LogP contribution in [0.15, 0.2) is 0 Å². The van der Waals surface area contributed by atoms with Gasteiger partial charge in [-0.1, -0.05) is 18.8 Å². The van der Waals surface area contributed by atoms with Gasteiger partial charge < -0.3 is 0 Å². The fraction of sp³-hybridized carbons (Fsp3) is 0.800. The van der Waals surface area contributed by atoms with Gasteiger partial charge in [-0.2, -0.15) is 0 Å². The van der Waals surface area contributed by atoms with Crippen LogP contribution in [0.5, 0.6) is 0 Å². The van der Waals surface area contributed by atoms with Crippen LogP contribution in [0.2, 0.25) is 0 Å². The first kappa shape index (κ1) is 11.4. The van der Waals surface area contributed by atoms with Crippen molar-refractivity contribution in [2.24, 2.45) is 0 Å². The summed E-state index contributed by atoms with van der Waals surface area (Å²) in [5.41, 5.74) is 0. The fourth-order valence-electron chi connectivity index (χ4n) is 1.06. The van der Waals surface area contributed by atoms with E-state index in [0.717, 1.165) is 25.8 Å². The van der Waals surface area contributed by atoms with Crippen LogP contribution in [0.1, 0.15) is 25.7 Å². The number of hydrogen-bond donors (Lipinski definition) is 0. The first-order valence-electron chi connectivity index (χ1n) is 4.49. The SMILES string of the molecule is C#CCN(C)CCCCCCF. The van der Waals surface area contributed by atoms with E-state index in [-0.39, 0.29) is 6.67 Å². The highest BCUT2D eigenvalue weighted by Gasteiger charge is 1.94. The smallest absolute Gasteiger partial charge is 0.0894 e. The summed E-state index contributed by atoms with van der Waals surface area (Å²) in [6.07, 6.45) is 9.08. The van der Waals surface area contributed by atoms with Gasteiger partial charge in [-0.05, 0) is 26.4 Å². The molecule has 0 aliphatic heterocycles. The van der Waals surface area contributed by atoms with Gasteiger partial charge >= 0.3 is 0 Å². The van der Waals surface area contributed by atoms with Crippen LogP contribution in [0.25, 0.3) is 0 Å². The minimum Gasteiger partial charge on any atom is -0.295 e. The molecule has 12 heavy (non-hydrogen) atoms. The molecule has 0 aromatic carbocycles. The lowest BCUT2D eigenvalue weighted by Crippen LogP contribution is -2.19. The Morgan fingerprint density at radius 2 is 1.92 bits per heavy atom. The molecule has 0 bridgehead atoms. The van der Waals surface area contributed by atoms with E-state index in [9.17, 15) is 4.39 Å². The summed E-state index contributed by atoms with van der Waals surface area (Å²) in [5.74, 6) is 2.59. The maximum absolute atomic E-state index is 11.7. The molecular formula is C10H18FN. The molecule has 0 N–H and O–H groups in total. The Hall–Kier alpha value is -0.550. The van der Waals surface area contributed by atoms with Crippen molar-refractivity contribution in [3.8, 4) is 12.3 Å². The number of nitrogens with zero attached hydrogens (tertiary/aromatic N) is 1. The highest BCUT2D eigenvalue weighted by atomic mass is 19.1. The lowest BCUT2D eigenvalue weighted by atomic mass is 10.2. The maximum atomic E-state index is 11.7. The number of unbranched alkanes of at least 4 members (excludes halogenated alkanes) is 3. The summed E-state index contributed by atoms with van der Waals surface area (Å²) in [4.78, 5) is 2.11. The molecule has 1 nitrogen and oxygen atoms in total. The lowest BCUT2D eigenvalue weighted by Gasteiger charge is -2.11. The lowest BCUT2D eigenvalue weighted by molar-refractivity contribution is 0.358. The zero-order chi connectivity index (χ0) is 9.23. The van der Waals surface area contributed by atoms with Gasteiger partial charge in [0.25, 0.3) is 0 Å². The van der Waals surface area contributed by atoms with Crippen molar-refractivity contribution in [1.82, 2.24) is 4.90 Å². The second-order valence-electron chi connectivity index (χ2n) is 3.05. The summed E-state index contributed by atoms with van der Waals surface area (Å²) in [5, 5.41) is 0. The predicted molar refractivity (Wildman–Crippen MR) is 50.8 cm³/mol. The molecule has 0 aliphatic rings. The van der Waals surface area contributed by atoms with Crippen molar-refractivity contribution in [3.63, 3.8) is 0 Å². The Kier molecular flexibility index (Phi) is 8.15. The van der Waals surface area contributed by atoms with Crippen molar-refractivity contribution in [2.75, 3.05) is 26.8 Å². The van der Waals surface area contributed by atoms with E-state index < -0.39 is 0 Å². The number of terminal acetylenes is 1. The molecule has 2 heteroatoms. The summed E-state index contributed by atoms with van der Waals surface area (Å²) < 4.78 is 11.7. The molecule has 70 valence electrons. The topological polar surface area (TPSA) is 3.24 Å². The minimum atomic E-state index is -0.180. The first-order valence-corrected chi connectivity index (χ1v) is 4.49. The number of halogens is 1. The van der Waals surface area contributed by atoms with E-state index in [1.54, 1.807) is 0 Å². The Morgan fingerprint density at radius 1 is 1.25 bits per heavy atom. The largest absolute Gasteiger partial charge is 0.295 e. The van der Waals surface area contributed by atoms with Crippen LogP contribution >= 0.6 is 0 Å². The molecule has 0 saturated heterocycles. The second-order valence-corrected chi connectivity index (χ2v) is 3.05. The molecule has 0 unspecified atom stereocenters. The molecule has 0 heterocycles. The predicted octanol–water partition coefficient (Wildman–Crippen LogP) is 2.08. The van der Waals surface area contributed by atoms with Crippen LogP contribution in [0.4, 0.5) is 4.39 Å². The van der Waals surface area contributed by atoms with Gasteiger partial charge in [0.15, 0.2) is 0 Å². The number of alkyl halides is 1. The molecular weight excluding hydrogens is 153 g/mol. The molecule has 0 saturated carbocycles. The third-order valence-electron chi connectivity index (χ3n) is 1.78. The molecule has 0 aromatic heterocycles. The number of hydrogen-bond acceptors (Lipinski definition) is 1. The summed E-state index contributed by atoms with van der Waals surface area (Å²) in [6.45, 7) is 1.56. The molecule has 0 fully saturated rings. The van der Waals surface area contributed by atoms with E-state index in [2.05, 4.69) is 10.8 Å². The normalized spacial score (nSPS) is 10.2. The summed E-state index contributed by atoms with van der Waals surface area (Å²) >= 11 is 0. The summed E-state index contributed by atoms with van der Waals surface area (Å²) in [7, 11) is 2.01. The van der Waals surface area contributed by atoms with Gasteiger partial charge in [0, 0.05) is 0 Å². The third kappa shape index (κ3) is 7.56. The minimum absolute atomic E-state index is 0.180. The Morgan fingerprint density at radius 3 is 2.50 bits per heavy atom.